The van der Waals surface area contributed by atoms with Crippen LogP contribution in [0.3, 0.4) is 0 Å². The first-order chi connectivity index (χ1) is 11.0. The minimum atomic E-state index is -1.76. The molecule has 1 saturated carbocycles. The number of nitrogens with zero attached hydrogens (tertiary/aromatic N) is 2. The number of carbonyl (C=O) groups is 1. The van der Waals surface area contributed by atoms with E-state index in [1.807, 2.05) is 0 Å². The van der Waals surface area contributed by atoms with E-state index in [-0.39, 0.29) is 22.1 Å². The zero-order chi connectivity index (χ0) is 18.5. The Morgan fingerprint density at radius 2 is 1.67 bits per heavy atom. The van der Waals surface area contributed by atoms with Gasteiger partial charge >= 0.3 is 5.97 Å². The van der Waals surface area contributed by atoms with Gasteiger partial charge in [-0.1, -0.05) is 20.8 Å². The Morgan fingerprint density at radius 1 is 1.17 bits per heavy atom. The fourth-order valence-electron chi connectivity index (χ4n) is 2.79. The Balaban J connectivity index is 2.68. The lowest BCUT2D eigenvalue weighted by atomic mass is 9.77. The number of rotatable bonds is 5. The molecule has 0 spiro atoms. The van der Waals surface area contributed by atoms with Gasteiger partial charge in [0.05, 0.1) is 5.57 Å². The molecule has 0 amide bonds. The van der Waals surface area contributed by atoms with Gasteiger partial charge in [0, 0.05) is 6.61 Å². The van der Waals surface area contributed by atoms with Crippen molar-refractivity contribution in [3.05, 3.63) is 11.1 Å². The molecule has 0 unspecified atom stereocenters. The number of allylic oxidation sites excluding steroid dienone is 1. The van der Waals surface area contributed by atoms with Gasteiger partial charge in [-0.25, -0.2) is 4.79 Å². The topological polar surface area (TPSA) is 94.1 Å². The van der Waals surface area contributed by atoms with Gasteiger partial charge in [-0.05, 0) is 55.7 Å². The molecule has 0 aromatic rings. The molecule has 24 heavy (non-hydrogen) atoms. The van der Waals surface area contributed by atoms with E-state index in [0.29, 0.717) is 18.8 Å². The first kappa shape index (κ1) is 20.4. The minimum Gasteiger partial charge on any atom is -0.478 e. The molecule has 0 heterocycles. The average molecular weight is 349 g/mol. The summed E-state index contributed by atoms with van der Waals surface area (Å²) in [4.78, 5) is 11.4. The van der Waals surface area contributed by atoms with Gasteiger partial charge in [0.1, 0.15) is 17.7 Å². The van der Waals surface area contributed by atoms with Crippen LogP contribution in [0.1, 0.15) is 46.5 Å². The van der Waals surface area contributed by atoms with Crippen LogP contribution in [0.2, 0.25) is 18.1 Å². The maximum absolute atomic E-state index is 11.4. The van der Waals surface area contributed by atoms with E-state index < -0.39 is 14.3 Å². The van der Waals surface area contributed by atoms with Gasteiger partial charge in [-0.2, -0.15) is 10.5 Å². The number of nitriles is 2. The van der Waals surface area contributed by atoms with Crippen molar-refractivity contribution in [2.24, 2.45) is 11.8 Å². The fraction of sp³-hybridized carbons (Fsp3) is 0.722. The minimum absolute atomic E-state index is 0.0104. The monoisotopic (exact) mass is 348 g/mol. The third-order valence-electron chi connectivity index (χ3n) is 5.46. The molecule has 5 nitrogen and oxygen atoms in total. The summed E-state index contributed by atoms with van der Waals surface area (Å²) >= 11 is 0. The summed E-state index contributed by atoms with van der Waals surface area (Å²) in [5, 5.41) is 27.5. The van der Waals surface area contributed by atoms with Gasteiger partial charge < -0.3 is 9.53 Å². The Labute approximate surface area is 146 Å². The quantitative estimate of drug-likeness (QED) is 0.455. The zero-order valence-corrected chi connectivity index (χ0v) is 16.3. The summed E-state index contributed by atoms with van der Waals surface area (Å²) in [6, 6.07) is 3.44. The van der Waals surface area contributed by atoms with Crippen molar-refractivity contribution in [1.29, 1.82) is 10.5 Å². The molecular formula is C18H28N2O3Si. The normalized spacial score (nSPS) is 21.5. The molecule has 0 aromatic carbocycles. The Bertz CT molecular complexity index is 567. The number of hydrogen-bond donors (Lipinski definition) is 1. The fourth-order valence-corrected chi connectivity index (χ4v) is 3.88. The maximum atomic E-state index is 11.4. The molecule has 1 aliphatic rings. The van der Waals surface area contributed by atoms with Crippen molar-refractivity contribution in [3.63, 3.8) is 0 Å². The summed E-state index contributed by atoms with van der Waals surface area (Å²) < 4.78 is 6.27. The van der Waals surface area contributed by atoms with Crippen LogP contribution in [0, 0.1) is 34.5 Å². The van der Waals surface area contributed by atoms with Crippen LogP contribution in [0.25, 0.3) is 0 Å². The van der Waals surface area contributed by atoms with Crippen LogP contribution in [0.4, 0.5) is 0 Å². The van der Waals surface area contributed by atoms with Gasteiger partial charge in [-0.3, -0.25) is 0 Å². The maximum Gasteiger partial charge on any atom is 0.333 e. The van der Waals surface area contributed by atoms with Crippen molar-refractivity contribution in [2.75, 3.05) is 6.61 Å². The highest BCUT2D eigenvalue weighted by Crippen LogP contribution is 2.39. The van der Waals surface area contributed by atoms with E-state index in [1.54, 1.807) is 12.1 Å². The van der Waals surface area contributed by atoms with E-state index in [4.69, 9.17) is 14.9 Å². The van der Waals surface area contributed by atoms with Crippen LogP contribution in [-0.2, 0) is 9.22 Å². The van der Waals surface area contributed by atoms with Gasteiger partial charge in [0.2, 0.25) is 0 Å². The lowest BCUT2D eigenvalue weighted by Gasteiger charge is -2.38. The Morgan fingerprint density at radius 3 is 2.04 bits per heavy atom. The molecule has 0 saturated heterocycles. The predicted molar refractivity (Wildman–Crippen MR) is 94.5 cm³/mol. The molecule has 132 valence electrons. The van der Waals surface area contributed by atoms with E-state index in [2.05, 4.69) is 33.9 Å². The van der Waals surface area contributed by atoms with E-state index in [9.17, 15) is 9.90 Å². The van der Waals surface area contributed by atoms with Crippen LogP contribution in [0.15, 0.2) is 11.1 Å². The van der Waals surface area contributed by atoms with E-state index in [0.717, 1.165) is 19.4 Å². The Hall–Kier alpha value is -1.63. The van der Waals surface area contributed by atoms with Crippen molar-refractivity contribution in [1.82, 2.24) is 0 Å². The highest BCUT2D eigenvalue weighted by molar-refractivity contribution is 6.74. The zero-order valence-electron chi connectivity index (χ0n) is 15.3. The van der Waals surface area contributed by atoms with Gasteiger partial charge in [0.15, 0.2) is 8.32 Å². The largest absolute Gasteiger partial charge is 0.478 e. The summed E-state index contributed by atoms with van der Waals surface area (Å²) in [5.74, 6) is -0.923. The van der Waals surface area contributed by atoms with E-state index >= 15 is 0 Å². The number of aliphatic carboxylic acids is 1. The first-order valence-electron chi connectivity index (χ1n) is 8.45. The van der Waals surface area contributed by atoms with Gasteiger partial charge in [-0.15, -0.1) is 0 Å². The molecule has 1 N–H and O–H groups in total. The standard InChI is InChI=1S/C18H28N2O3Si/c1-18(2,3)24(4,5)23-12-13-6-8-14(9-7-13)16(17(21)22)15(10-19)11-20/h13-14H,6-9,12H2,1-5H3,(H,21,22). The third-order valence-corrected chi connectivity index (χ3v) is 9.97. The second-order valence-corrected chi connectivity index (χ2v) is 12.9. The smallest absolute Gasteiger partial charge is 0.333 e. The molecule has 0 aliphatic heterocycles. The van der Waals surface area contributed by atoms with Crippen LogP contribution in [-0.4, -0.2) is 26.0 Å². The van der Waals surface area contributed by atoms with E-state index in [1.165, 1.54) is 0 Å². The molecule has 0 radical (unpaired) electrons. The molecule has 0 aromatic heterocycles. The third kappa shape index (κ3) is 4.93. The molecule has 0 atom stereocenters. The van der Waals surface area contributed by atoms with Gasteiger partial charge in [0.25, 0.3) is 0 Å². The van der Waals surface area contributed by atoms with Crippen molar-refractivity contribution in [3.8, 4) is 12.1 Å². The molecule has 1 fully saturated rings. The lowest BCUT2D eigenvalue weighted by Crippen LogP contribution is -2.42. The molecule has 0 bridgehead atoms. The second-order valence-electron chi connectivity index (χ2n) is 8.11. The van der Waals surface area contributed by atoms with Crippen molar-refractivity contribution in [2.45, 2.75) is 64.6 Å². The Kier molecular flexibility index (Phi) is 6.77. The van der Waals surface area contributed by atoms with Crippen molar-refractivity contribution >= 4 is 14.3 Å². The summed E-state index contributed by atoms with van der Waals surface area (Å²) in [6.07, 6.45) is 3.14. The first-order valence-corrected chi connectivity index (χ1v) is 11.4. The molecule has 1 aliphatic carbocycles. The molecule has 1 rings (SSSR count). The summed E-state index contributed by atoms with van der Waals surface area (Å²) in [6.45, 7) is 11.8. The summed E-state index contributed by atoms with van der Waals surface area (Å²) in [7, 11) is -1.76. The van der Waals surface area contributed by atoms with Crippen LogP contribution in [0.5, 0.6) is 0 Å². The summed E-state index contributed by atoms with van der Waals surface area (Å²) in [5.41, 5.74) is -0.271. The predicted octanol–water partition coefficient (Wildman–Crippen LogP) is 4.24. The molecule has 6 heteroatoms. The number of carboxylic acids is 1. The lowest BCUT2D eigenvalue weighted by molar-refractivity contribution is -0.133. The number of carboxylic acid groups (broad SMARTS) is 1. The number of hydrogen-bond acceptors (Lipinski definition) is 4. The average Bonchev–Trinajstić information content (AvgIpc) is 2.49. The van der Waals surface area contributed by atoms with Crippen LogP contribution < -0.4 is 0 Å². The van der Waals surface area contributed by atoms with Crippen molar-refractivity contribution < 1.29 is 14.3 Å². The SMILES string of the molecule is CC(C)(C)[Si](C)(C)OCC1CCC(C(C(=O)O)=C(C#N)C#N)CC1. The molecular weight excluding hydrogens is 320 g/mol. The second kappa shape index (κ2) is 7.96. The highest BCUT2D eigenvalue weighted by atomic mass is 28.4. The highest BCUT2D eigenvalue weighted by Gasteiger charge is 2.38. The van der Waals surface area contributed by atoms with Crippen LogP contribution >= 0.6 is 0 Å².